The maximum absolute atomic E-state index is 13.2. The van der Waals surface area contributed by atoms with Gasteiger partial charge in [0.1, 0.15) is 10.7 Å². The average Bonchev–Trinajstić information content (AvgIpc) is 3.54. The van der Waals surface area contributed by atoms with Crippen LogP contribution in [0.25, 0.3) is 33.7 Å². The van der Waals surface area contributed by atoms with Gasteiger partial charge in [0.05, 0.1) is 35.1 Å². The van der Waals surface area contributed by atoms with Crippen molar-refractivity contribution in [2.75, 3.05) is 0 Å². The molecule has 5 rings (SSSR count). The van der Waals surface area contributed by atoms with Crippen LogP contribution in [0.1, 0.15) is 21.1 Å². The summed E-state index contributed by atoms with van der Waals surface area (Å²) in [5.74, 6) is 0.383. The molecule has 8 nitrogen and oxygen atoms in total. The predicted octanol–water partition coefficient (Wildman–Crippen LogP) is 3.99. The molecule has 1 amide bonds. The first kappa shape index (κ1) is 19.1. The molecule has 0 aromatic carbocycles. The van der Waals surface area contributed by atoms with E-state index in [1.807, 2.05) is 37.6 Å². The van der Waals surface area contributed by atoms with Crippen LogP contribution in [0, 0.1) is 6.92 Å². The van der Waals surface area contributed by atoms with Gasteiger partial charge in [0.2, 0.25) is 0 Å². The summed E-state index contributed by atoms with van der Waals surface area (Å²) in [6.07, 6.45) is 5.05. The molecular formula is C22H18N6O2S. The highest BCUT2D eigenvalue weighted by Gasteiger charge is 2.20. The number of thiazole rings is 1. The van der Waals surface area contributed by atoms with Crippen LogP contribution in [0.15, 0.2) is 58.8 Å². The predicted molar refractivity (Wildman–Crippen MR) is 117 cm³/mol. The zero-order chi connectivity index (χ0) is 21.4. The standard InChI is InChI=1S/C22H18N6O2S/c1-13-20-15(10-16(18-4-3-9-30-18)26-21(20)28(2)27-13)22(29)24-11-19-25-17(12-31-19)14-5-7-23-8-6-14/h3-10,12H,11H2,1-2H3,(H,24,29). The fraction of sp³-hybridized carbons (Fsp3) is 0.136. The first-order chi connectivity index (χ1) is 15.1. The Morgan fingerprint density at radius 2 is 2.03 bits per heavy atom. The third kappa shape index (κ3) is 3.59. The number of pyridine rings is 2. The van der Waals surface area contributed by atoms with Crippen LogP contribution < -0.4 is 5.32 Å². The summed E-state index contributed by atoms with van der Waals surface area (Å²) in [7, 11) is 1.81. The molecule has 0 aliphatic rings. The Kier molecular flexibility index (Phi) is 4.79. The molecule has 0 aliphatic heterocycles. The highest BCUT2D eigenvalue weighted by molar-refractivity contribution is 7.09. The molecule has 0 unspecified atom stereocenters. The van der Waals surface area contributed by atoms with E-state index in [9.17, 15) is 4.79 Å². The summed E-state index contributed by atoms with van der Waals surface area (Å²) in [6.45, 7) is 2.20. The maximum atomic E-state index is 13.2. The normalized spacial score (nSPS) is 11.2. The van der Waals surface area contributed by atoms with Crippen molar-refractivity contribution in [2.45, 2.75) is 13.5 Å². The van der Waals surface area contributed by atoms with Gasteiger partial charge in [-0.2, -0.15) is 5.10 Å². The largest absolute Gasteiger partial charge is 0.463 e. The minimum absolute atomic E-state index is 0.211. The molecule has 0 atom stereocenters. The Hall–Kier alpha value is -3.85. The van der Waals surface area contributed by atoms with E-state index in [0.717, 1.165) is 27.3 Å². The second-order valence-electron chi connectivity index (χ2n) is 6.99. The lowest BCUT2D eigenvalue weighted by atomic mass is 10.1. The molecular weight excluding hydrogens is 412 g/mol. The van der Waals surface area contributed by atoms with Crippen LogP contribution in [-0.4, -0.2) is 30.6 Å². The van der Waals surface area contributed by atoms with Gasteiger partial charge >= 0.3 is 0 Å². The quantitative estimate of drug-likeness (QED) is 0.453. The SMILES string of the molecule is Cc1nn(C)c2nc(-c3ccco3)cc(C(=O)NCc3nc(-c4ccncc4)cs3)c12. The summed E-state index contributed by atoms with van der Waals surface area (Å²) in [5, 5.41) is 10.9. The van der Waals surface area contributed by atoms with E-state index in [-0.39, 0.29) is 5.91 Å². The summed E-state index contributed by atoms with van der Waals surface area (Å²) < 4.78 is 7.16. The average molecular weight is 430 g/mol. The molecule has 31 heavy (non-hydrogen) atoms. The van der Waals surface area contributed by atoms with Crippen LogP contribution in [0.4, 0.5) is 0 Å². The van der Waals surface area contributed by atoms with E-state index >= 15 is 0 Å². The lowest BCUT2D eigenvalue weighted by molar-refractivity contribution is 0.0952. The summed E-state index contributed by atoms with van der Waals surface area (Å²) in [6, 6.07) is 9.17. The Morgan fingerprint density at radius 3 is 2.81 bits per heavy atom. The minimum Gasteiger partial charge on any atom is -0.463 e. The number of rotatable bonds is 5. The molecule has 0 bridgehead atoms. The highest BCUT2D eigenvalue weighted by atomic mass is 32.1. The Balaban J connectivity index is 1.44. The van der Waals surface area contributed by atoms with Crippen molar-refractivity contribution in [1.82, 2.24) is 30.0 Å². The molecule has 5 aromatic rings. The van der Waals surface area contributed by atoms with E-state index in [0.29, 0.717) is 29.2 Å². The number of nitrogens with zero attached hydrogens (tertiary/aromatic N) is 5. The molecule has 1 N–H and O–H groups in total. The molecule has 5 heterocycles. The van der Waals surface area contributed by atoms with Crippen molar-refractivity contribution in [2.24, 2.45) is 7.05 Å². The first-order valence-electron chi connectivity index (χ1n) is 9.61. The summed E-state index contributed by atoms with van der Waals surface area (Å²) in [4.78, 5) is 26.5. The molecule has 0 aliphatic carbocycles. The Labute approximate surface area is 181 Å². The molecule has 0 radical (unpaired) electrons. The first-order valence-corrected chi connectivity index (χ1v) is 10.5. The van der Waals surface area contributed by atoms with Gasteiger partial charge in [0.15, 0.2) is 11.4 Å². The number of furan rings is 1. The van der Waals surface area contributed by atoms with E-state index in [1.54, 1.807) is 35.5 Å². The van der Waals surface area contributed by atoms with Gasteiger partial charge in [-0.05, 0) is 37.3 Å². The topological polar surface area (TPSA) is 98.7 Å². The van der Waals surface area contributed by atoms with Crippen molar-refractivity contribution in [1.29, 1.82) is 0 Å². The number of aryl methyl sites for hydroxylation is 2. The second kappa shape index (κ2) is 7.77. The molecule has 0 saturated heterocycles. The molecule has 0 saturated carbocycles. The molecule has 0 spiro atoms. The Morgan fingerprint density at radius 1 is 1.19 bits per heavy atom. The number of fused-ring (bicyclic) bond motifs is 1. The number of carbonyl (C=O) groups excluding carboxylic acids is 1. The lowest BCUT2D eigenvalue weighted by Crippen LogP contribution is -2.23. The maximum Gasteiger partial charge on any atom is 0.252 e. The van der Waals surface area contributed by atoms with E-state index in [1.165, 1.54) is 11.3 Å². The van der Waals surface area contributed by atoms with Crippen LogP contribution in [0.5, 0.6) is 0 Å². The molecule has 5 aromatic heterocycles. The lowest BCUT2D eigenvalue weighted by Gasteiger charge is -2.07. The monoisotopic (exact) mass is 430 g/mol. The fourth-order valence-corrected chi connectivity index (χ4v) is 4.22. The van der Waals surface area contributed by atoms with Gasteiger partial charge in [-0.15, -0.1) is 11.3 Å². The van der Waals surface area contributed by atoms with Crippen molar-refractivity contribution in [3.05, 3.63) is 70.6 Å². The van der Waals surface area contributed by atoms with Gasteiger partial charge < -0.3 is 9.73 Å². The van der Waals surface area contributed by atoms with Crippen molar-refractivity contribution in [3.8, 4) is 22.7 Å². The number of amides is 1. The number of nitrogens with one attached hydrogen (secondary N) is 1. The van der Waals surface area contributed by atoms with Gasteiger partial charge in [0, 0.05) is 30.4 Å². The summed E-state index contributed by atoms with van der Waals surface area (Å²) >= 11 is 1.50. The van der Waals surface area contributed by atoms with Crippen LogP contribution in [-0.2, 0) is 13.6 Å². The minimum atomic E-state index is -0.211. The van der Waals surface area contributed by atoms with E-state index in [4.69, 9.17) is 4.42 Å². The zero-order valence-electron chi connectivity index (χ0n) is 16.9. The van der Waals surface area contributed by atoms with Crippen molar-refractivity contribution < 1.29 is 9.21 Å². The van der Waals surface area contributed by atoms with Crippen LogP contribution in [0.3, 0.4) is 0 Å². The number of hydrogen-bond acceptors (Lipinski definition) is 7. The van der Waals surface area contributed by atoms with Crippen LogP contribution >= 0.6 is 11.3 Å². The fourth-order valence-electron chi connectivity index (χ4n) is 3.47. The van der Waals surface area contributed by atoms with E-state index in [2.05, 4.69) is 25.4 Å². The zero-order valence-corrected chi connectivity index (χ0v) is 17.7. The number of hydrogen-bond donors (Lipinski definition) is 1. The molecule has 9 heteroatoms. The smallest absolute Gasteiger partial charge is 0.252 e. The van der Waals surface area contributed by atoms with Gasteiger partial charge in [0.25, 0.3) is 5.91 Å². The molecule has 154 valence electrons. The number of aromatic nitrogens is 5. The van der Waals surface area contributed by atoms with Crippen molar-refractivity contribution >= 4 is 28.3 Å². The summed E-state index contributed by atoms with van der Waals surface area (Å²) in [5.41, 5.74) is 4.33. The highest BCUT2D eigenvalue weighted by Crippen LogP contribution is 2.27. The van der Waals surface area contributed by atoms with E-state index < -0.39 is 0 Å². The third-order valence-electron chi connectivity index (χ3n) is 4.91. The van der Waals surface area contributed by atoms with Gasteiger partial charge in [-0.1, -0.05) is 0 Å². The van der Waals surface area contributed by atoms with Gasteiger partial charge in [-0.3, -0.25) is 14.5 Å². The Bertz CT molecular complexity index is 1370. The van der Waals surface area contributed by atoms with Crippen LogP contribution in [0.2, 0.25) is 0 Å². The van der Waals surface area contributed by atoms with Crippen molar-refractivity contribution in [3.63, 3.8) is 0 Å². The third-order valence-corrected chi connectivity index (χ3v) is 5.76. The molecule has 0 fully saturated rings. The number of carbonyl (C=O) groups is 1. The second-order valence-corrected chi connectivity index (χ2v) is 7.93. The van der Waals surface area contributed by atoms with Gasteiger partial charge in [-0.25, -0.2) is 9.97 Å².